The highest BCUT2D eigenvalue weighted by molar-refractivity contribution is 5.73. The Morgan fingerprint density at radius 3 is 2.83 bits per heavy atom. The van der Waals surface area contributed by atoms with E-state index in [1.54, 1.807) is 6.07 Å². The van der Waals surface area contributed by atoms with Crippen LogP contribution in [0.5, 0.6) is 0 Å². The molecule has 0 aliphatic carbocycles. The average Bonchev–Trinajstić information content (AvgIpc) is 2.33. The number of halogens is 1. The Bertz CT molecular complexity index is 469. The van der Waals surface area contributed by atoms with Crippen LogP contribution in [0.25, 0.3) is 0 Å². The minimum atomic E-state index is -0.922. The highest BCUT2D eigenvalue weighted by Crippen LogP contribution is 2.09. The van der Waals surface area contributed by atoms with Gasteiger partial charge in [-0.2, -0.15) is 5.26 Å². The monoisotopic (exact) mass is 250 g/mol. The van der Waals surface area contributed by atoms with Crippen molar-refractivity contribution in [1.29, 1.82) is 5.26 Å². The lowest BCUT2D eigenvalue weighted by Gasteiger charge is -2.13. The van der Waals surface area contributed by atoms with Crippen LogP contribution in [0, 0.1) is 17.1 Å². The van der Waals surface area contributed by atoms with E-state index in [4.69, 9.17) is 10.4 Å². The molecule has 0 aliphatic rings. The molecule has 96 valence electrons. The number of aliphatic carboxylic acids is 1. The van der Waals surface area contributed by atoms with Crippen LogP contribution < -0.4 is 5.32 Å². The van der Waals surface area contributed by atoms with Crippen LogP contribution >= 0.6 is 0 Å². The molecule has 18 heavy (non-hydrogen) atoms. The van der Waals surface area contributed by atoms with Gasteiger partial charge in [-0.3, -0.25) is 4.79 Å². The zero-order chi connectivity index (χ0) is 13.5. The van der Waals surface area contributed by atoms with Crippen molar-refractivity contribution in [2.75, 3.05) is 0 Å². The van der Waals surface area contributed by atoms with Crippen LogP contribution in [0.2, 0.25) is 0 Å². The molecule has 0 saturated carbocycles. The largest absolute Gasteiger partial charge is 0.480 e. The summed E-state index contributed by atoms with van der Waals surface area (Å²) in [6.07, 6.45) is 1.26. The maximum atomic E-state index is 13.2. The Labute approximate surface area is 105 Å². The summed E-state index contributed by atoms with van der Waals surface area (Å²) >= 11 is 0. The molecule has 0 aliphatic heterocycles. The number of carboxylic acids is 1. The Balaban J connectivity index is 2.70. The van der Waals surface area contributed by atoms with Gasteiger partial charge in [-0.1, -0.05) is 13.3 Å². The number of carboxylic acid groups (broad SMARTS) is 1. The third-order valence-corrected chi connectivity index (χ3v) is 2.51. The van der Waals surface area contributed by atoms with E-state index in [1.165, 1.54) is 6.07 Å². The molecule has 0 fully saturated rings. The standard InChI is InChI=1S/C13H15FN2O2/c1-2-3-12(13(17)18)16-8-10-4-9(7-15)5-11(14)6-10/h4-6,12,16H,2-3,8H2,1H3,(H,17,18). The number of nitrogens with zero attached hydrogens (tertiary/aromatic N) is 1. The molecule has 4 nitrogen and oxygen atoms in total. The predicted molar refractivity (Wildman–Crippen MR) is 64.3 cm³/mol. The Hall–Kier alpha value is -1.93. The van der Waals surface area contributed by atoms with E-state index in [9.17, 15) is 9.18 Å². The Morgan fingerprint density at radius 2 is 2.28 bits per heavy atom. The molecule has 0 radical (unpaired) electrons. The molecule has 1 aromatic rings. The molecule has 1 rings (SSSR count). The van der Waals surface area contributed by atoms with E-state index in [0.717, 1.165) is 12.5 Å². The van der Waals surface area contributed by atoms with Gasteiger partial charge in [0.2, 0.25) is 0 Å². The second-order valence-electron chi connectivity index (χ2n) is 4.02. The van der Waals surface area contributed by atoms with Crippen molar-refractivity contribution in [2.24, 2.45) is 0 Å². The second kappa shape index (κ2) is 6.72. The first-order valence-electron chi connectivity index (χ1n) is 5.72. The molecule has 0 amide bonds. The number of nitriles is 1. The van der Waals surface area contributed by atoms with Gasteiger partial charge in [-0.05, 0) is 30.2 Å². The Kier molecular flexibility index (Phi) is 5.28. The summed E-state index contributed by atoms with van der Waals surface area (Å²) in [5.74, 6) is -1.41. The van der Waals surface area contributed by atoms with E-state index in [2.05, 4.69) is 5.32 Å². The van der Waals surface area contributed by atoms with E-state index >= 15 is 0 Å². The molecule has 1 unspecified atom stereocenters. The molecule has 1 aromatic carbocycles. The molecule has 0 aromatic heterocycles. The molecule has 0 bridgehead atoms. The number of benzene rings is 1. The van der Waals surface area contributed by atoms with Gasteiger partial charge in [-0.25, -0.2) is 4.39 Å². The third kappa shape index (κ3) is 4.15. The van der Waals surface area contributed by atoms with Crippen LogP contribution in [-0.2, 0) is 11.3 Å². The lowest BCUT2D eigenvalue weighted by Crippen LogP contribution is -2.36. The van der Waals surface area contributed by atoms with E-state index < -0.39 is 17.8 Å². The van der Waals surface area contributed by atoms with Crippen LogP contribution in [0.1, 0.15) is 30.9 Å². The summed E-state index contributed by atoms with van der Waals surface area (Å²) < 4.78 is 13.2. The first-order valence-corrected chi connectivity index (χ1v) is 5.72. The molecular formula is C13H15FN2O2. The topological polar surface area (TPSA) is 73.1 Å². The van der Waals surface area contributed by atoms with Gasteiger partial charge >= 0.3 is 5.97 Å². The van der Waals surface area contributed by atoms with Gasteiger partial charge in [0.15, 0.2) is 0 Å². The summed E-state index contributed by atoms with van der Waals surface area (Å²) in [5, 5.41) is 20.5. The lowest BCUT2D eigenvalue weighted by molar-refractivity contribution is -0.139. The summed E-state index contributed by atoms with van der Waals surface area (Å²) in [6, 6.07) is 5.19. The first-order chi connectivity index (χ1) is 8.56. The lowest BCUT2D eigenvalue weighted by atomic mass is 10.1. The van der Waals surface area contributed by atoms with Crippen molar-refractivity contribution < 1.29 is 14.3 Å². The zero-order valence-electron chi connectivity index (χ0n) is 10.1. The van der Waals surface area contributed by atoms with Gasteiger partial charge in [0.05, 0.1) is 11.6 Å². The minimum absolute atomic E-state index is 0.226. The fourth-order valence-corrected chi connectivity index (χ4v) is 1.66. The molecule has 0 saturated heterocycles. The normalized spacial score (nSPS) is 11.8. The van der Waals surface area contributed by atoms with Crippen LogP contribution in [-0.4, -0.2) is 17.1 Å². The van der Waals surface area contributed by atoms with Crippen LogP contribution in [0.15, 0.2) is 18.2 Å². The third-order valence-electron chi connectivity index (χ3n) is 2.51. The predicted octanol–water partition coefficient (Wildman–Crippen LogP) is 2.04. The van der Waals surface area contributed by atoms with Crippen molar-refractivity contribution in [2.45, 2.75) is 32.4 Å². The number of rotatable bonds is 6. The summed E-state index contributed by atoms with van der Waals surface area (Å²) in [6.45, 7) is 2.12. The molecule has 0 spiro atoms. The van der Waals surface area contributed by atoms with Gasteiger partial charge in [0, 0.05) is 6.54 Å². The fourth-order valence-electron chi connectivity index (χ4n) is 1.66. The number of hydrogen-bond acceptors (Lipinski definition) is 3. The van der Waals surface area contributed by atoms with Gasteiger partial charge in [0.1, 0.15) is 11.9 Å². The van der Waals surface area contributed by atoms with Crippen molar-refractivity contribution in [3.05, 3.63) is 35.1 Å². The van der Waals surface area contributed by atoms with Crippen LogP contribution in [0.3, 0.4) is 0 Å². The summed E-state index contributed by atoms with van der Waals surface area (Å²) in [4.78, 5) is 10.9. The minimum Gasteiger partial charge on any atom is -0.480 e. The maximum absolute atomic E-state index is 13.2. The van der Waals surface area contributed by atoms with E-state index in [0.29, 0.717) is 12.0 Å². The first kappa shape index (κ1) is 14.1. The van der Waals surface area contributed by atoms with Crippen molar-refractivity contribution in [3.8, 4) is 6.07 Å². The Morgan fingerprint density at radius 1 is 1.56 bits per heavy atom. The zero-order valence-corrected chi connectivity index (χ0v) is 10.1. The summed E-state index contributed by atoms with van der Waals surface area (Å²) in [7, 11) is 0. The number of hydrogen-bond donors (Lipinski definition) is 2. The molecule has 2 N–H and O–H groups in total. The fraction of sp³-hybridized carbons (Fsp3) is 0.385. The second-order valence-corrected chi connectivity index (χ2v) is 4.02. The van der Waals surface area contributed by atoms with Gasteiger partial charge in [0.25, 0.3) is 0 Å². The van der Waals surface area contributed by atoms with Crippen molar-refractivity contribution in [3.63, 3.8) is 0 Å². The van der Waals surface area contributed by atoms with E-state index in [-0.39, 0.29) is 12.1 Å². The maximum Gasteiger partial charge on any atom is 0.320 e. The molecule has 5 heteroatoms. The quantitative estimate of drug-likeness (QED) is 0.810. The smallest absolute Gasteiger partial charge is 0.320 e. The molecule has 0 heterocycles. The number of nitrogens with one attached hydrogen (secondary N) is 1. The molecular weight excluding hydrogens is 235 g/mol. The molecule has 1 atom stereocenters. The average molecular weight is 250 g/mol. The number of carbonyl (C=O) groups is 1. The van der Waals surface area contributed by atoms with E-state index in [1.807, 2.05) is 13.0 Å². The van der Waals surface area contributed by atoms with Crippen molar-refractivity contribution >= 4 is 5.97 Å². The highest BCUT2D eigenvalue weighted by Gasteiger charge is 2.15. The van der Waals surface area contributed by atoms with Gasteiger partial charge < -0.3 is 10.4 Å². The van der Waals surface area contributed by atoms with Crippen molar-refractivity contribution in [1.82, 2.24) is 5.32 Å². The summed E-state index contributed by atoms with van der Waals surface area (Å²) in [5.41, 5.74) is 0.795. The van der Waals surface area contributed by atoms with Gasteiger partial charge in [-0.15, -0.1) is 0 Å². The SMILES string of the molecule is CCCC(NCc1cc(F)cc(C#N)c1)C(=O)O. The van der Waals surface area contributed by atoms with Crippen LogP contribution in [0.4, 0.5) is 4.39 Å². The highest BCUT2D eigenvalue weighted by atomic mass is 19.1.